The van der Waals surface area contributed by atoms with E-state index in [1.54, 1.807) is 24.8 Å². The molecule has 0 radical (unpaired) electrons. The Labute approximate surface area is 213 Å². The molecule has 5 rings (SSSR count). The molecule has 0 bridgehead atoms. The van der Waals surface area contributed by atoms with Crippen LogP contribution in [-0.4, -0.2) is 80.3 Å². The molecule has 2 aromatic heterocycles. The molecule has 2 aromatic rings. The zero-order chi connectivity index (χ0) is 24.9. The van der Waals surface area contributed by atoms with E-state index in [9.17, 15) is 9.59 Å². The fraction of sp³-hybridized carbons (Fsp3) is 0.630. The number of rotatable bonds is 5. The number of hydrogen-bond acceptors (Lipinski definition) is 7. The Kier molecular flexibility index (Phi) is 7.72. The first kappa shape index (κ1) is 24.6. The van der Waals surface area contributed by atoms with Gasteiger partial charge in [-0.05, 0) is 69.8 Å². The van der Waals surface area contributed by atoms with Crippen molar-refractivity contribution >= 4 is 17.8 Å². The van der Waals surface area contributed by atoms with Crippen LogP contribution in [-0.2, 0) is 4.79 Å². The molecule has 9 nitrogen and oxygen atoms in total. The third-order valence-electron chi connectivity index (χ3n) is 8.15. The highest BCUT2D eigenvalue weighted by molar-refractivity contribution is 5.92. The predicted octanol–water partition coefficient (Wildman–Crippen LogP) is 3.12. The number of carbonyl (C=O) groups is 2. The van der Waals surface area contributed by atoms with Crippen LogP contribution in [0.2, 0.25) is 0 Å². The topological polar surface area (TPSA) is 95.4 Å². The molecule has 192 valence electrons. The van der Waals surface area contributed by atoms with Gasteiger partial charge in [0.2, 0.25) is 11.9 Å². The summed E-state index contributed by atoms with van der Waals surface area (Å²) in [5.74, 6) is 1.96. The summed E-state index contributed by atoms with van der Waals surface area (Å²) < 4.78 is 0. The lowest BCUT2D eigenvalue weighted by Gasteiger charge is -2.44. The van der Waals surface area contributed by atoms with Crippen molar-refractivity contribution in [2.75, 3.05) is 37.6 Å². The summed E-state index contributed by atoms with van der Waals surface area (Å²) >= 11 is 0. The summed E-state index contributed by atoms with van der Waals surface area (Å²) in [4.78, 5) is 49.8. The summed E-state index contributed by atoms with van der Waals surface area (Å²) in [6.45, 7) is 5.99. The van der Waals surface area contributed by atoms with Crippen molar-refractivity contribution in [3.8, 4) is 0 Å². The SMILES string of the molecule is Cc1cnc(C(=O)N2CCC(C3CCCCN3C(=O)CC3CCN(c4ncccn4)CC3)CC2)cn1. The molecule has 2 amide bonds. The predicted molar refractivity (Wildman–Crippen MR) is 136 cm³/mol. The molecule has 3 fully saturated rings. The molecule has 0 aliphatic carbocycles. The highest BCUT2D eigenvalue weighted by atomic mass is 16.2. The Balaban J connectivity index is 1.13. The fourth-order valence-electron chi connectivity index (χ4n) is 6.07. The van der Waals surface area contributed by atoms with Crippen molar-refractivity contribution < 1.29 is 9.59 Å². The number of anilines is 1. The van der Waals surface area contributed by atoms with Gasteiger partial charge in [0.05, 0.1) is 11.9 Å². The largest absolute Gasteiger partial charge is 0.341 e. The van der Waals surface area contributed by atoms with Crippen LogP contribution < -0.4 is 4.90 Å². The van der Waals surface area contributed by atoms with Gasteiger partial charge in [0.15, 0.2) is 0 Å². The first-order valence-corrected chi connectivity index (χ1v) is 13.5. The second-order valence-corrected chi connectivity index (χ2v) is 10.5. The molecule has 36 heavy (non-hydrogen) atoms. The third kappa shape index (κ3) is 5.65. The van der Waals surface area contributed by atoms with Crippen LogP contribution in [0.4, 0.5) is 5.95 Å². The van der Waals surface area contributed by atoms with Crippen LogP contribution in [0.5, 0.6) is 0 Å². The number of aryl methyl sites for hydroxylation is 1. The molecule has 9 heteroatoms. The van der Waals surface area contributed by atoms with E-state index in [2.05, 4.69) is 29.7 Å². The zero-order valence-electron chi connectivity index (χ0n) is 21.3. The van der Waals surface area contributed by atoms with Crippen molar-refractivity contribution in [1.29, 1.82) is 0 Å². The normalized spacial score (nSPS) is 22.0. The van der Waals surface area contributed by atoms with Crippen molar-refractivity contribution in [1.82, 2.24) is 29.7 Å². The van der Waals surface area contributed by atoms with Crippen LogP contribution in [0.25, 0.3) is 0 Å². The summed E-state index contributed by atoms with van der Waals surface area (Å²) in [5.41, 5.74) is 1.22. The van der Waals surface area contributed by atoms with Gasteiger partial charge in [0, 0.05) is 63.8 Å². The van der Waals surface area contributed by atoms with Gasteiger partial charge in [0.25, 0.3) is 5.91 Å². The van der Waals surface area contributed by atoms with Gasteiger partial charge in [0.1, 0.15) is 5.69 Å². The molecule has 1 unspecified atom stereocenters. The van der Waals surface area contributed by atoms with Crippen molar-refractivity contribution in [2.24, 2.45) is 11.8 Å². The molecular weight excluding hydrogens is 454 g/mol. The van der Waals surface area contributed by atoms with Gasteiger partial charge in [-0.15, -0.1) is 0 Å². The highest BCUT2D eigenvalue weighted by Gasteiger charge is 2.36. The van der Waals surface area contributed by atoms with E-state index >= 15 is 0 Å². The number of carbonyl (C=O) groups excluding carboxylic acids is 2. The van der Waals surface area contributed by atoms with Gasteiger partial charge in [-0.2, -0.15) is 0 Å². The maximum absolute atomic E-state index is 13.5. The monoisotopic (exact) mass is 491 g/mol. The first-order valence-electron chi connectivity index (χ1n) is 13.5. The molecule has 3 aliphatic rings. The minimum absolute atomic E-state index is 0.0372. The lowest BCUT2D eigenvalue weighted by Crippen LogP contribution is -2.51. The number of piperidine rings is 3. The Morgan fingerprint density at radius 1 is 0.861 bits per heavy atom. The third-order valence-corrected chi connectivity index (χ3v) is 8.15. The first-order chi connectivity index (χ1) is 17.6. The molecular formula is C27H37N7O2. The lowest BCUT2D eigenvalue weighted by atomic mass is 9.83. The molecule has 0 spiro atoms. The number of nitrogens with zero attached hydrogens (tertiary/aromatic N) is 7. The Bertz CT molecular complexity index is 1020. The van der Waals surface area contributed by atoms with E-state index in [1.807, 2.05) is 17.9 Å². The van der Waals surface area contributed by atoms with Gasteiger partial charge >= 0.3 is 0 Å². The minimum atomic E-state index is -0.0372. The van der Waals surface area contributed by atoms with Crippen molar-refractivity contribution in [3.05, 3.63) is 42.2 Å². The number of aromatic nitrogens is 4. The van der Waals surface area contributed by atoms with E-state index in [4.69, 9.17) is 0 Å². The summed E-state index contributed by atoms with van der Waals surface area (Å²) in [6, 6.07) is 2.14. The Morgan fingerprint density at radius 3 is 2.31 bits per heavy atom. The standard InChI is InChI=1S/C27H37N7O2/c1-20-18-31-23(19-30-20)26(36)32-15-8-22(9-16-32)24-5-2-3-12-34(24)25(35)17-21-6-13-33(14-7-21)27-28-10-4-11-29-27/h4,10-11,18-19,21-22,24H,2-3,5-9,12-17H2,1H3. The molecule has 1 atom stereocenters. The Morgan fingerprint density at radius 2 is 1.61 bits per heavy atom. The van der Waals surface area contributed by atoms with Crippen LogP contribution >= 0.6 is 0 Å². The summed E-state index contributed by atoms with van der Waals surface area (Å²) in [6.07, 6.45) is 14.7. The van der Waals surface area contributed by atoms with E-state index in [1.165, 1.54) is 6.42 Å². The quantitative estimate of drug-likeness (QED) is 0.634. The van der Waals surface area contributed by atoms with Gasteiger partial charge < -0.3 is 14.7 Å². The van der Waals surface area contributed by atoms with Gasteiger partial charge in [-0.1, -0.05) is 0 Å². The molecule has 0 N–H and O–H groups in total. The van der Waals surface area contributed by atoms with Crippen molar-refractivity contribution in [2.45, 2.75) is 64.3 Å². The number of hydrogen-bond donors (Lipinski definition) is 0. The smallest absolute Gasteiger partial charge is 0.274 e. The van der Waals surface area contributed by atoms with Crippen LogP contribution in [0.3, 0.4) is 0 Å². The second-order valence-electron chi connectivity index (χ2n) is 10.5. The minimum Gasteiger partial charge on any atom is -0.341 e. The van der Waals surface area contributed by atoms with E-state index in [0.29, 0.717) is 35.9 Å². The molecule has 5 heterocycles. The van der Waals surface area contributed by atoms with Crippen LogP contribution in [0.1, 0.15) is 67.5 Å². The maximum Gasteiger partial charge on any atom is 0.274 e. The lowest BCUT2D eigenvalue weighted by molar-refractivity contribution is -0.138. The second kappa shape index (κ2) is 11.3. The van der Waals surface area contributed by atoms with Crippen LogP contribution in [0.15, 0.2) is 30.9 Å². The van der Waals surface area contributed by atoms with E-state index in [0.717, 1.165) is 82.9 Å². The molecule has 3 aliphatic heterocycles. The van der Waals surface area contributed by atoms with E-state index in [-0.39, 0.29) is 5.91 Å². The van der Waals surface area contributed by atoms with Crippen molar-refractivity contribution in [3.63, 3.8) is 0 Å². The van der Waals surface area contributed by atoms with Gasteiger partial charge in [-0.25, -0.2) is 15.0 Å². The summed E-state index contributed by atoms with van der Waals surface area (Å²) in [5, 5.41) is 0. The number of amides is 2. The highest BCUT2D eigenvalue weighted by Crippen LogP contribution is 2.33. The zero-order valence-corrected chi connectivity index (χ0v) is 21.3. The molecule has 0 saturated carbocycles. The molecule has 0 aromatic carbocycles. The number of likely N-dealkylation sites (tertiary alicyclic amines) is 2. The fourth-order valence-corrected chi connectivity index (χ4v) is 6.07. The average molecular weight is 492 g/mol. The Hall–Kier alpha value is -3.10. The molecule has 3 saturated heterocycles. The average Bonchev–Trinajstić information content (AvgIpc) is 2.94. The van der Waals surface area contributed by atoms with E-state index < -0.39 is 0 Å². The van der Waals surface area contributed by atoms with Crippen LogP contribution in [0, 0.1) is 18.8 Å². The van der Waals surface area contributed by atoms with Gasteiger partial charge in [-0.3, -0.25) is 14.6 Å². The summed E-state index contributed by atoms with van der Waals surface area (Å²) in [7, 11) is 0. The maximum atomic E-state index is 13.5.